The lowest BCUT2D eigenvalue weighted by molar-refractivity contribution is -0.121. The maximum atomic E-state index is 12.7. The zero-order valence-corrected chi connectivity index (χ0v) is 14.8. The number of hydrogen-bond acceptors (Lipinski definition) is 3. The summed E-state index contributed by atoms with van der Waals surface area (Å²) in [6, 6.07) is 20.3. The highest BCUT2D eigenvalue weighted by atomic mass is 16.1. The van der Waals surface area contributed by atoms with Gasteiger partial charge in [-0.3, -0.25) is 14.7 Å². The molecule has 1 aliphatic rings. The monoisotopic (exact) mass is 345 g/mol. The summed E-state index contributed by atoms with van der Waals surface area (Å²) in [6.45, 7) is 2.88. The molecule has 0 spiro atoms. The van der Waals surface area contributed by atoms with Gasteiger partial charge in [0.15, 0.2) is 0 Å². The Balaban J connectivity index is 1.36. The maximum Gasteiger partial charge on any atom is 0.227 e. The zero-order chi connectivity index (χ0) is 17.8. The molecule has 4 heteroatoms. The van der Waals surface area contributed by atoms with Gasteiger partial charge < -0.3 is 5.32 Å². The van der Waals surface area contributed by atoms with Crippen molar-refractivity contribution in [3.63, 3.8) is 0 Å². The predicted molar refractivity (Wildman–Crippen MR) is 105 cm³/mol. The van der Waals surface area contributed by atoms with E-state index in [2.05, 4.69) is 39.5 Å². The van der Waals surface area contributed by atoms with Crippen LogP contribution in [0.5, 0.6) is 0 Å². The molecule has 1 aromatic heterocycles. The number of benzene rings is 2. The van der Waals surface area contributed by atoms with E-state index in [4.69, 9.17) is 0 Å². The Morgan fingerprint density at radius 2 is 1.77 bits per heavy atom. The Morgan fingerprint density at radius 3 is 2.58 bits per heavy atom. The molecule has 1 amide bonds. The molecule has 2 heterocycles. The van der Waals surface area contributed by atoms with E-state index >= 15 is 0 Å². The molecular formula is C22H23N3O. The molecule has 132 valence electrons. The summed E-state index contributed by atoms with van der Waals surface area (Å²) in [5, 5.41) is 4.14. The van der Waals surface area contributed by atoms with Crippen molar-refractivity contribution in [2.75, 3.05) is 18.4 Å². The number of carbonyl (C=O) groups excluding carboxylic acids is 1. The van der Waals surface area contributed by atoms with Crippen molar-refractivity contribution in [1.29, 1.82) is 0 Å². The predicted octanol–water partition coefficient (Wildman–Crippen LogP) is 4.09. The van der Waals surface area contributed by atoms with E-state index in [0.717, 1.165) is 49.1 Å². The van der Waals surface area contributed by atoms with Gasteiger partial charge in [0.25, 0.3) is 0 Å². The van der Waals surface area contributed by atoms with Crippen LogP contribution in [0.1, 0.15) is 18.4 Å². The number of aromatic nitrogens is 1. The summed E-state index contributed by atoms with van der Waals surface area (Å²) >= 11 is 0. The largest absolute Gasteiger partial charge is 0.324 e. The lowest BCUT2D eigenvalue weighted by atomic mass is 9.95. The van der Waals surface area contributed by atoms with E-state index in [1.54, 1.807) is 6.20 Å². The lowest BCUT2D eigenvalue weighted by Crippen LogP contribution is -2.37. The van der Waals surface area contributed by atoms with Crippen molar-refractivity contribution in [2.24, 2.45) is 5.92 Å². The third kappa shape index (κ3) is 3.75. The lowest BCUT2D eigenvalue weighted by Gasteiger charge is -2.31. The van der Waals surface area contributed by atoms with Gasteiger partial charge in [0, 0.05) is 24.0 Å². The molecule has 1 fully saturated rings. The van der Waals surface area contributed by atoms with Crippen LogP contribution in [-0.2, 0) is 11.3 Å². The molecule has 0 saturated carbocycles. The smallest absolute Gasteiger partial charge is 0.227 e. The number of pyridine rings is 1. The normalized spacial score (nSPS) is 15.8. The molecule has 0 bridgehead atoms. The highest BCUT2D eigenvalue weighted by Gasteiger charge is 2.25. The molecule has 1 N–H and O–H groups in total. The van der Waals surface area contributed by atoms with Crippen molar-refractivity contribution in [2.45, 2.75) is 19.4 Å². The van der Waals surface area contributed by atoms with Gasteiger partial charge in [0.05, 0.1) is 11.2 Å². The number of nitrogens with one attached hydrogen (secondary N) is 1. The molecule has 0 atom stereocenters. The van der Waals surface area contributed by atoms with Gasteiger partial charge in [-0.25, -0.2) is 0 Å². The fourth-order valence-electron chi connectivity index (χ4n) is 3.63. The van der Waals surface area contributed by atoms with Crippen LogP contribution in [-0.4, -0.2) is 28.9 Å². The number of rotatable bonds is 4. The van der Waals surface area contributed by atoms with E-state index in [-0.39, 0.29) is 11.8 Å². The summed E-state index contributed by atoms with van der Waals surface area (Å²) < 4.78 is 0. The first-order valence-electron chi connectivity index (χ1n) is 9.20. The molecule has 1 saturated heterocycles. The van der Waals surface area contributed by atoms with Crippen LogP contribution in [0.15, 0.2) is 66.9 Å². The van der Waals surface area contributed by atoms with Gasteiger partial charge in [0.1, 0.15) is 0 Å². The summed E-state index contributed by atoms with van der Waals surface area (Å²) in [5.41, 5.74) is 2.99. The van der Waals surface area contributed by atoms with Gasteiger partial charge in [0.2, 0.25) is 5.91 Å². The van der Waals surface area contributed by atoms with Crippen LogP contribution >= 0.6 is 0 Å². The highest BCUT2D eigenvalue weighted by molar-refractivity contribution is 6.01. The van der Waals surface area contributed by atoms with Crippen molar-refractivity contribution in [3.8, 4) is 0 Å². The van der Waals surface area contributed by atoms with Gasteiger partial charge in [-0.15, -0.1) is 0 Å². The number of amides is 1. The minimum absolute atomic E-state index is 0.0704. The van der Waals surface area contributed by atoms with E-state index in [1.807, 2.05) is 36.4 Å². The van der Waals surface area contributed by atoms with Crippen LogP contribution in [0.25, 0.3) is 10.9 Å². The van der Waals surface area contributed by atoms with Crippen LogP contribution in [0, 0.1) is 5.92 Å². The van der Waals surface area contributed by atoms with Crippen molar-refractivity contribution in [3.05, 3.63) is 72.4 Å². The first-order chi connectivity index (χ1) is 12.8. The second kappa shape index (κ2) is 7.67. The third-order valence-electron chi connectivity index (χ3n) is 5.10. The van der Waals surface area contributed by atoms with E-state index in [1.165, 1.54) is 5.56 Å². The molecule has 2 aromatic carbocycles. The van der Waals surface area contributed by atoms with Gasteiger partial charge in [-0.1, -0.05) is 48.5 Å². The molecule has 26 heavy (non-hydrogen) atoms. The number of anilines is 1. The van der Waals surface area contributed by atoms with Crippen molar-refractivity contribution < 1.29 is 4.79 Å². The summed E-state index contributed by atoms with van der Waals surface area (Å²) in [7, 11) is 0. The topological polar surface area (TPSA) is 45.2 Å². The minimum atomic E-state index is 0.0704. The third-order valence-corrected chi connectivity index (χ3v) is 5.10. The van der Waals surface area contributed by atoms with Crippen LogP contribution in [0.3, 0.4) is 0 Å². The Labute approximate surface area is 153 Å². The second-order valence-corrected chi connectivity index (χ2v) is 6.91. The van der Waals surface area contributed by atoms with Gasteiger partial charge in [-0.2, -0.15) is 0 Å². The number of fused-ring (bicyclic) bond motifs is 1. The van der Waals surface area contributed by atoms with Crippen molar-refractivity contribution in [1.82, 2.24) is 9.88 Å². The van der Waals surface area contributed by atoms with E-state index in [0.29, 0.717) is 0 Å². The maximum absolute atomic E-state index is 12.7. The van der Waals surface area contributed by atoms with Crippen LogP contribution in [0.2, 0.25) is 0 Å². The standard InChI is InChI=1S/C22H23N3O/c26-22(24-20-10-4-8-18-9-5-13-23-21(18)20)19-11-14-25(15-12-19)16-17-6-2-1-3-7-17/h1-10,13,19H,11-12,14-16H2,(H,24,26). The van der Waals surface area contributed by atoms with Gasteiger partial charge in [-0.05, 0) is 43.6 Å². The Bertz CT molecular complexity index is 881. The minimum Gasteiger partial charge on any atom is -0.324 e. The second-order valence-electron chi connectivity index (χ2n) is 6.91. The molecule has 0 unspecified atom stereocenters. The average Bonchev–Trinajstić information content (AvgIpc) is 2.70. The molecular weight excluding hydrogens is 322 g/mol. The molecule has 3 aromatic rings. The zero-order valence-electron chi connectivity index (χ0n) is 14.8. The quantitative estimate of drug-likeness (QED) is 0.775. The number of hydrogen-bond donors (Lipinski definition) is 1. The molecule has 1 aliphatic heterocycles. The number of likely N-dealkylation sites (tertiary alicyclic amines) is 1. The average molecular weight is 345 g/mol. The summed E-state index contributed by atoms with van der Waals surface area (Å²) in [6.07, 6.45) is 3.56. The van der Waals surface area contributed by atoms with Crippen molar-refractivity contribution >= 4 is 22.5 Å². The first-order valence-corrected chi connectivity index (χ1v) is 9.20. The number of piperidine rings is 1. The Morgan fingerprint density at radius 1 is 1.00 bits per heavy atom. The Kier molecular flexibility index (Phi) is 4.93. The number of carbonyl (C=O) groups is 1. The highest BCUT2D eigenvalue weighted by Crippen LogP contribution is 2.24. The van der Waals surface area contributed by atoms with Gasteiger partial charge >= 0.3 is 0 Å². The fraction of sp³-hybridized carbons (Fsp3) is 0.273. The Hall–Kier alpha value is -2.72. The SMILES string of the molecule is O=C(Nc1cccc2cccnc12)C1CCN(Cc2ccccc2)CC1. The van der Waals surface area contributed by atoms with E-state index < -0.39 is 0 Å². The van der Waals surface area contributed by atoms with E-state index in [9.17, 15) is 4.79 Å². The van der Waals surface area contributed by atoms with Crippen LogP contribution < -0.4 is 5.32 Å². The first kappa shape index (κ1) is 16.7. The molecule has 0 aliphatic carbocycles. The number of nitrogens with zero attached hydrogens (tertiary/aromatic N) is 2. The van der Waals surface area contributed by atoms with Crippen LogP contribution in [0.4, 0.5) is 5.69 Å². The molecule has 0 radical (unpaired) electrons. The summed E-state index contributed by atoms with van der Waals surface area (Å²) in [5.74, 6) is 0.184. The fourth-order valence-corrected chi connectivity index (χ4v) is 3.63. The molecule has 4 rings (SSSR count). The number of para-hydroxylation sites is 1. The molecule has 4 nitrogen and oxygen atoms in total. The summed E-state index contributed by atoms with van der Waals surface area (Å²) in [4.78, 5) is 19.6.